The second kappa shape index (κ2) is 8.03. The highest BCUT2D eigenvalue weighted by Gasteiger charge is 2.69. The molecular weight excluding hydrogens is 452 g/mol. The van der Waals surface area contributed by atoms with Crippen molar-refractivity contribution >= 4 is 23.4 Å². The zero-order chi connectivity index (χ0) is 23.2. The summed E-state index contributed by atoms with van der Waals surface area (Å²) < 4.78 is 16.1. The number of halogens is 1. The van der Waals surface area contributed by atoms with Gasteiger partial charge in [-0.2, -0.15) is 9.97 Å². The highest BCUT2D eigenvalue weighted by Crippen LogP contribution is 2.60. The summed E-state index contributed by atoms with van der Waals surface area (Å²) in [4.78, 5) is 32.9. The fourth-order valence-corrected chi connectivity index (χ4v) is 5.12. The largest absolute Gasteiger partial charge is 0.481 e. The van der Waals surface area contributed by atoms with E-state index in [2.05, 4.69) is 20.6 Å². The van der Waals surface area contributed by atoms with E-state index < -0.39 is 12.2 Å². The van der Waals surface area contributed by atoms with Crippen LogP contribution >= 0.6 is 11.6 Å². The second-order valence-electron chi connectivity index (χ2n) is 8.86. The molecule has 6 rings (SSSR count). The van der Waals surface area contributed by atoms with Gasteiger partial charge in [0.2, 0.25) is 0 Å². The number of nitrogens with zero attached hydrogens (tertiary/aromatic N) is 2. The van der Waals surface area contributed by atoms with Crippen molar-refractivity contribution < 1.29 is 28.9 Å². The molecule has 33 heavy (non-hydrogen) atoms. The minimum Gasteiger partial charge on any atom is -0.481 e. The van der Waals surface area contributed by atoms with E-state index in [0.29, 0.717) is 41.3 Å². The number of aliphatic hydroxyl groups is 1. The summed E-state index contributed by atoms with van der Waals surface area (Å²) in [6, 6.07) is 5.18. The van der Waals surface area contributed by atoms with Gasteiger partial charge in [0.15, 0.2) is 18.5 Å². The van der Waals surface area contributed by atoms with Crippen LogP contribution in [-0.4, -0.2) is 57.8 Å². The smallest absolute Gasteiger partial charge is 0.316 e. The number of fused-ring (bicyclic) bond motifs is 1. The Kier molecular flexibility index (Phi) is 5.29. The Bertz CT molecular complexity index is 1080. The van der Waals surface area contributed by atoms with E-state index >= 15 is 0 Å². The molecule has 2 atom stereocenters. The molecule has 10 nitrogen and oxygen atoms in total. The highest BCUT2D eigenvalue weighted by molar-refractivity contribution is 6.30. The first-order chi connectivity index (χ1) is 15.8. The van der Waals surface area contributed by atoms with E-state index in [1.165, 1.54) is 19.5 Å². The Balaban J connectivity index is 1.08. The van der Waals surface area contributed by atoms with Gasteiger partial charge in [-0.3, -0.25) is 9.59 Å². The average Bonchev–Trinajstić information content (AvgIpc) is 2.76. The van der Waals surface area contributed by atoms with Gasteiger partial charge in [0, 0.05) is 28.1 Å². The van der Waals surface area contributed by atoms with E-state index in [1.807, 2.05) is 0 Å². The molecule has 0 spiro atoms. The lowest BCUT2D eigenvalue weighted by Crippen LogP contribution is -2.84. The fraction of sp³-hybridized carbons (Fsp3) is 0.455. The molecule has 2 heterocycles. The van der Waals surface area contributed by atoms with Gasteiger partial charge in [-0.15, -0.1) is 0 Å². The van der Waals surface area contributed by atoms with Crippen LogP contribution in [0.25, 0.3) is 0 Å². The molecule has 3 aliphatic carbocycles. The number of methoxy groups -OCH3 is 1. The van der Waals surface area contributed by atoms with Crippen molar-refractivity contribution in [2.24, 2.45) is 0 Å². The lowest BCUT2D eigenvalue weighted by molar-refractivity contribution is -0.155. The fourth-order valence-electron chi connectivity index (χ4n) is 4.94. The number of aromatic nitrogens is 2. The summed E-state index contributed by atoms with van der Waals surface area (Å²) in [5, 5.41) is 16.9. The molecule has 2 bridgehead atoms. The molecule has 3 fully saturated rings. The molecule has 1 aromatic carbocycles. The summed E-state index contributed by atoms with van der Waals surface area (Å²) in [6.07, 6.45) is 3.35. The third-order valence-electron chi connectivity index (χ3n) is 6.31. The number of carbonyl (C=O) groups excluding carboxylic acids is 2. The van der Waals surface area contributed by atoms with Crippen LogP contribution in [0.3, 0.4) is 0 Å². The summed E-state index contributed by atoms with van der Waals surface area (Å²) in [5.41, 5.74) is -0.0773. The molecule has 2 aromatic rings. The monoisotopic (exact) mass is 474 g/mol. The average molecular weight is 475 g/mol. The van der Waals surface area contributed by atoms with Crippen LogP contribution in [0.5, 0.6) is 17.5 Å². The number of carbonyl (C=O) groups is 2. The van der Waals surface area contributed by atoms with Crippen molar-refractivity contribution in [3.8, 4) is 17.5 Å². The lowest BCUT2D eigenvalue weighted by Gasteiger charge is -2.70. The Morgan fingerprint density at radius 2 is 1.91 bits per heavy atom. The summed E-state index contributed by atoms with van der Waals surface area (Å²) >= 11 is 5.98. The maximum Gasteiger partial charge on any atom is 0.316 e. The van der Waals surface area contributed by atoms with Gasteiger partial charge >= 0.3 is 6.01 Å². The minimum atomic E-state index is -0.821. The summed E-state index contributed by atoms with van der Waals surface area (Å²) in [6.45, 7) is -0.159. The predicted octanol–water partition coefficient (Wildman–Crippen LogP) is 1.31. The Morgan fingerprint density at radius 1 is 1.21 bits per heavy atom. The summed E-state index contributed by atoms with van der Waals surface area (Å²) in [7, 11) is 1.46. The minimum absolute atomic E-state index is 0.156. The van der Waals surface area contributed by atoms with Gasteiger partial charge in [-0.25, -0.2) is 0 Å². The molecule has 0 unspecified atom stereocenters. The quantitative estimate of drug-likeness (QED) is 0.547. The number of rotatable bonds is 7. The van der Waals surface area contributed by atoms with Gasteiger partial charge < -0.3 is 30.0 Å². The molecule has 0 radical (unpaired) electrons. The molecule has 1 aliphatic heterocycles. The molecule has 3 N–H and O–H groups in total. The lowest BCUT2D eigenvalue weighted by atomic mass is 9.44. The van der Waals surface area contributed by atoms with E-state index in [-0.39, 0.29) is 41.9 Å². The number of aliphatic hydroxyl groups excluding tert-OH is 1. The number of nitrogens with one attached hydrogen (secondary N) is 2. The van der Waals surface area contributed by atoms with Crippen LogP contribution in [0.2, 0.25) is 5.02 Å². The van der Waals surface area contributed by atoms with Crippen LogP contribution in [0.4, 0.5) is 0 Å². The third kappa shape index (κ3) is 4.16. The standard InChI is InChI=1S/C22H23ClN4O6/c1-31-20-24-6-13(7-25-20)32-8-18(29)26-21-9-22(10-21,11-21)27-19(30)17-5-15(28)14-4-12(23)2-3-16(14)33-17/h2-4,6-7,15,17,28H,5,8-11H2,1H3,(H,26,29)(H,27,30)/t15-,17-,21?,22?/m1/s1. The van der Waals surface area contributed by atoms with Gasteiger partial charge in [-0.1, -0.05) is 11.6 Å². The molecule has 1 aromatic heterocycles. The van der Waals surface area contributed by atoms with Gasteiger partial charge in [-0.05, 0) is 37.5 Å². The highest BCUT2D eigenvalue weighted by atomic mass is 35.5. The van der Waals surface area contributed by atoms with Crippen molar-refractivity contribution in [3.63, 3.8) is 0 Å². The van der Waals surface area contributed by atoms with Crippen LogP contribution in [0.1, 0.15) is 37.4 Å². The third-order valence-corrected chi connectivity index (χ3v) is 6.55. The maximum absolute atomic E-state index is 12.8. The molecule has 174 valence electrons. The van der Waals surface area contributed by atoms with Crippen LogP contribution in [0.15, 0.2) is 30.6 Å². The number of hydrogen-bond donors (Lipinski definition) is 3. The zero-order valence-corrected chi connectivity index (χ0v) is 18.6. The Hall–Kier alpha value is -3.11. The van der Waals surface area contributed by atoms with Crippen molar-refractivity contribution in [2.75, 3.05) is 13.7 Å². The normalized spacial score (nSPS) is 28.8. The maximum atomic E-state index is 12.8. The van der Waals surface area contributed by atoms with Gasteiger partial charge in [0.25, 0.3) is 11.8 Å². The molecule has 2 amide bonds. The molecule has 4 aliphatic rings. The first-order valence-corrected chi connectivity index (χ1v) is 10.9. The van der Waals surface area contributed by atoms with Crippen molar-refractivity contribution in [3.05, 3.63) is 41.2 Å². The first kappa shape index (κ1) is 21.7. The van der Waals surface area contributed by atoms with Crippen LogP contribution in [-0.2, 0) is 9.59 Å². The molecule has 0 saturated heterocycles. The number of amides is 2. The molecular formula is C22H23ClN4O6. The van der Waals surface area contributed by atoms with Crippen molar-refractivity contribution in [1.82, 2.24) is 20.6 Å². The zero-order valence-electron chi connectivity index (χ0n) is 17.8. The Morgan fingerprint density at radius 3 is 2.61 bits per heavy atom. The van der Waals surface area contributed by atoms with Gasteiger partial charge in [0.1, 0.15) is 5.75 Å². The van der Waals surface area contributed by atoms with E-state index in [1.54, 1.807) is 18.2 Å². The van der Waals surface area contributed by atoms with Crippen molar-refractivity contribution in [2.45, 2.75) is 49.0 Å². The van der Waals surface area contributed by atoms with E-state index in [9.17, 15) is 14.7 Å². The number of hydrogen-bond acceptors (Lipinski definition) is 8. The van der Waals surface area contributed by atoms with E-state index in [4.69, 9.17) is 25.8 Å². The van der Waals surface area contributed by atoms with Crippen LogP contribution < -0.4 is 24.8 Å². The van der Waals surface area contributed by atoms with Crippen molar-refractivity contribution in [1.29, 1.82) is 0 Å². The molecule has 11 heteroatoms. The second-order valence-corrected chi connectivity index (χ2v) is 9.30. The topological polar surface area (TPSA) is 132 Å². The van der Waals surface area contributed by atoms with Gasteiger partial charge in [0.05, 0.1) is 25.6 Å². The SMILES string of the molecule is COc1ncc(OCC(=O)NC23CC(NC(=O)[C@H]4C[C@@H](O)c5cc(Cl)ccc5O4)(C2)C3)cn1. The number of benzene rings is 1. The first-order valence-electron chi connectivity index (χ1n) is 10.5. The number of ether oxygens (including phenoxy) is 3. The van der Waals surface area contributed by atoms with E-state index in [0.717, 1.165) is 0 Å². The predicted molar refractivity (Wildman–Crippen MR) is 115 cm³/mol. The van der Waals surface area contributed by atoms with Crippen LogP contribution in [0, 0.1) is 0 Å². The summed E-state index contributed by atoms with van der Waals surface area (Å²) in [5.74, 6) is 0.309. The molecule has 3 saturated carbocycles. The Labute approximate surface area is 194 Å².